The molecule has 0 radical (unpaired) electrons. The molecule has 1 fully saturated rings. The van der Waals surface area contributed by atoms with E-state index in [1.54, 1.807) is 0 Å². The number of carbonyl (C=O) groups is 1. The van der Waals surface area contributed by atoms with Crippen LogP contribution in [-0.4, -0.2) is 28.7 Å². The van der Waals surface area contributed by atoms with Gasteiger partial charge in [0, 0.05) is 29.7 Å². The minimum absolute atomic E-state index is 0.0263. The first-order chi connectivity index (χ1) is 12.1. The van der Waals surface area contributed by atoms with Crippen LogP contribution in [0.1, 0.15) is 54.4 Å². The quantitative estimate of drug-likeness (QED) is 0.779. The highest BCUT2D eigenvalue weighted by molar-refractivity contribution is 6.31. The maximum atomic E-state index is 12.8. The molecule has 1 aliphatic rings. The lowest BCUT2D eigenvalue weighted by Crippen LogP contribution is -2.29. The number of benzene rings is 1. The van der Waals surface area contributed by atoms with Crippen molar-refractivity contribution in [3.8, 4) is 0 Å². The lowest BCUT2D eigenvalue weighted by molar-refractivity contribution is 0.0947. The molecule has 25 heavy (non-hydrogen) atoms. The van der Waals surface area contributed by atoms with Gasteiger partial charge in [-0.3, -0.25) is 4.79 Å². The predicted molar refractivity (Wildman–Crippen MR) is 102 cm³/mol. The van der Waals surface area contributed by atoms with Crippen LogP contribution >= 0.6 is 11.6 Å². The Labute approximate surface area is 154 Å². The Hall–Kier alpha value is -1.52. The van der Waals surface area contributed by atoms with Gasteiger partial charge >= 0.3 is 0 Å². The van der Waals surface area contributed by atoms with Crippen LogP contribution in [0.15, 0.2) is 18.3 Å². The van der Waals surface area contributed by atoms with Crippen LogP contribution in [0.25, 0.3) is 10.9 Å². The number of halogens is 1. The number of carbonyl (C=O) groups excluding carboxylic acids is 1. The number of amides is 1. The second kappa shape index (κ2) is 8.24. The Morgan fingerprint density at radius 1 is 1.28 bits per heavy atom. The molecule has 3 rings (SSSR count). The van der Waals surface area contributed by atoms with E-state index in [1.807, 2.05) is 29.8 Å². The van der Waals surface area contributed by atoms with Gasteiger partial charge in [0.05, 0.1) is 17.7 Å². The third kappa shape index (κ3) is 4.18. The number of nitrogens with zero attached hydrogens (tertiary/aromatic N) is 1. The first-order valence-corrected chi connectivity index (χ1v) is 9.66. The lowest BCUT2D eigenvalue weighted by Gasteiger charge is -2.14. The van der Waals surface area contributed by atoms with Crippen LogP contribution < -0.4 is 5.32 Å². The summed E-state index contributed by atoms with van der Waals surface area (Å²) >= 11 is 6.19. The molecule has 0 aliphatic heterocycles. The lowest BCUT2D eigenvalue weighted by atomic mass is 10.00. The van der Waals surface area contributed by atoms with Crippen LogP contribution in [0.3, 0.4) is 0 Å². The number of aromatic nitrogens is 1. The molecule has 1 aliphatic carbocycles. The minimum atomic E-state index is -0.0311. The number of aryl methyl sites for hydroxylation is 1. The molecule has 0 atom stereocenters. The maximum absolute atomic E-state index is 12.8. The van der Waals surface area contributed by atoms with Crippen LogP contribution in [-0.2, 0) is 6.54 Å². The zero-order chi connectivity index (χ0) is 17.8. The van der Waals surface area contributed by atoms with E-state index >= 15 is 0 Å². The zero-order valence-corrected chi connectivity index (χ0v) is 15.6. The molecular formula is C20H27ClN2O2. The van der Waals surface area contributed by atoms with E-state index in [4.69, 9.17) is 11.6 Å². The highest BCUT2D eigenvalue weighted by Gasteiger charge is 2.19. The molecule has 0 spiro atoms. The second-order valence-electron chi connectivity index (χ2n) is 7.14. The van der Waals surface area contributed by atoms with Gasteiger partial charge in [0.25, 0.3) is 5.91 Å². The van der Waals surface area contributed by atoms with Gasteiger partial charge in [-0.1, -0.05) is 37.3 Å². The van der Waals surface area contributed by atoms with Gasteiger partial charge in [0.2, 0.25) is 0 Å². The van der Waals surface area contributed by atoms with Gasteiger partial charge in [-0.15, -0.1) is 0 Å². The summed E-state index contributed by atoms with van der Waals surface area (Å²) < 4.78 is 1.91. The summed E-state index contributed by atoms with van der Waals surface area (Å²) in [5.41, 5.74) is 2.56. The van der Waals surface area contributed by atoms with Gasteiger partial charge in [0.15, 0.2) is 0 Å². The van der Waals surface area contributed by atoms with E-state index in [0.29, 0.717) is 23.0 Å². The summed E-state index contributed by atoms with van der Waals surface area (Å²) in [5, 5.41) is 14.0. The molecule has 0 saturated heterocycles. The summed E-state index contributed by atoms with van der Waals surface area (Å²) in [7, 11) is 0. The number of hydrogen-bond acceptors (Lipinski definition) is 2. The van der Waals surface area contributed by atoms with E-state index in [-0.39, 0.29) is 12.5 Å². The molecule has 136 valence electrons. The Bertz CT molecular complexity index is 746. The van der Waals surface area contributed by atoms with E-state index < -0.39 is 0 Å². The molecule has 0 unspecified atom stereocenters. The first-order valence-electron chi connectivity index (χ1n) is 9.28. The molecule has 1 aromatic carbocycles. The highest BCUT2D eigenvalue weighted by Crippen LogP contribution is 2.29. The predicted octanol–water partition coefficient (Wildman–Crippen LogP) is 4.30. The van der Waals surface area contributed by atoms with Crippen molar-refractivity contribution in [3.05, 3.63) is 34.5 Å². The molecule has 1 amide bonds. The van der Waals surface area contributed by atoms with Crippen molar-refractivity contribution in [1.29, 1.82) is 0 Å². The van der Waals surface area contributed by atoms with Crippen molar-refractivity contribution in [2.45, 2.75) is 52.0 Å². The summed E-state index contributed by atoms with van der Waals surface area (Å²) in [6, 6.07) is 3.75. The van der Waals surface area contributed by atoms with Gasteiger partial charge in [0.1, 0.15) is 0 Å². The third-order valence-corrected chi connectivity index (χ3v) is 5.47. The van der Waals surface area contributed by atoms with E-state index in [2.05, 4.69) is 5.32 Å². The first kappa shape index (κ1) is 18.3. The fourth-order valence-corrected chi connectivity index (χ4v) is 4.22. The Balaban J connectivity index is 1.83. The van der Waals surface area contributed by atoms with Gasteiger partial charge in [-0.25, -0.2) is 0 Å². The van der Waals surface area contributed by atoms with Crippen LogP contribution in [0.5, 0.6) is 0 Å². The molecular weight excluding hydrogens is 336 g/mol. The van der Waals surface area contributed by atoms with E-state index in [9.17, 15) is 9.90 Å². The van der Waals surface area contributed by atoms with Crippen LogP contribution in [0.2, 0.25) is 5.02 Å². The number of aliphatic hydroxyl groups excluding tert-OH is 1. The highest BCUT2D eigenvalue weighted by atomic mass is 35.5. The molecule has 1 heterocycles. The van der Waals surface area contributed by atoms with Crippen molar-refractivity contribution >= 4 is 28.4 Å². The summed E-state index contributed by atoms with van der Waals surface area (Å²) in [6.45, 7) is 3.20. The SMILES string of the molecule is Cc1cc(Cl)cc2c1c(C(=O)NCC1CCCCCC1)cn2CCO. The molecule has 2 N–H and O–H groups in total. The van der Waals surface area contributed by atoms with Gasteiger partial charge < -0.3 is 15.0 Å². The Morgan fingerprint density at radius 2 is 2.00 bits per heavy atom. The molecule has 5 heteroatoms. The molecule has 4 nitrogen and oxygen atoms in total. The van der Waals surface area contributed by atoms with Crippen LogP contribution in [0, 0.1) is 12.8 Å². The molecule has 0 bridgehead atoms. The number of rotatable bonds is 5. The maximum Gasteiger partial charge on any atom is 0.253 e. The molecule has 2 aromatic rings. The van der Waals surface area contributed by atoms with E-state index in [0.717, 1.165) is 23.0 Å². The largest absolute Gasteiger partial charge is 0.395 e. The van der Waals surface area contributed by atoms with Crippen molar-refractivity contribution < 1.29 is 9.90 Å². The second-order valence-corrected chi connectivity index (χ2v) is 7.58. The number of fused-ring (bicyclic) bond motifs is 1. The Morgan fingerprint density at radius 3 is 2.68 bits per heavy atom. The average Bonchev–Trinajstić information content (AvgIpc) is 2.77. The van der Waals surface area contributed by atoms with E-state index in [1.165, 1.54) is 38.5 Å². The van der Waals surface area contributed by atoms with Crippen molar-refractivity contribution in [3.63, 3.8) is 0 Å². The minimum Gasteiger partial charge on any atom is -0.395 e. The average molecular weight is 363 g/mol. The summed E-state index contributed by atoms with van der Waals surface area (Å²) in [5.74, 6) is 0.559. The fourth-order valence-electron chi connectivity index (χ4n) is 3.96. The van der Waals surface area contributed by atoms with Gasteiger partial charge in [-0.2, -0.15) is 0 Å². The van der Waals surface area contributed by atoms with Gasteiger partial charge in [-0.05, 0) is 43.4 Å². The smallest absolute Gasteiger partial charge is 0.253 e. The number of hydrogen-bond donors (Lipinski definition) is 2. The van der Waals surface area contributed by atoms with Crippen molar-refractivity contribution in [2.24, 2.45) is 5.92 Å². The van der Waals surface area contributed by atoms with Crippen molar-refractivity contribution in [2.75, 3.05) is 13.2 Å². The molecule has 1 saturated carbocycles. The number of nitrogens with one attached hydrogen (secondary N) is 1. The topological polar surface area (TPSA) is 54.3 Å². The fraction of sp³-hybridized carbons (Fsp3) is 0.550. The monoisotopic (exact) mass is 362 g/mol. The Kier molecular flexibility index (Phi) is 6.02. The normalized spacial score (nSPS) is 16.1. The van der Waals surface area contributed by atoms with Crippen LogP contribution in [0.4, 0.5) is 0 Å². The summed E-state index contributed by atoms with van der Waals surface area (Å²) in [4.78, 5) is 12.8. The zero-order valence-electron chi connectivity index (χ0n) is 14.9. The number of aliphatic hydroxyl groups is 1. The molecule has 1 aromatic heterocycles. The van der Waals surface area contributed by atoms with Crippen molar-refractivity contribution in [1.82, 2.24) is 9.88 Å². The third-order valence-electron chi connectivity index (χ3n) is 5.25. The standard InChI is InChI=1S/C20H27ClN2O2/c1-14-10-16(21)11-18-19(14)17(13-23(18)8-9-24)20(25)22-12-15-6-4-2-3-5-7-15/h10-11,13,15,24H,2-9,12H2,1H3,(H,22,25). The summed E-state index contributed by atoms with van der Waals surface area (Å²) in [6.07, 6.45) is 9.44.